The predicted octanol–water partition coefficient (Wildman–Crippen LogP) is 11.4. The lowest BCUT2D eigenvalue weighted by Crippen LogP contribution is -2.03. The summed E-state index contributed by atoms with van der Waals surface area (Å²) < 4.78 is 11.3. The van der Waals surface area contributed by atoms with E-state index in [2.05, 4.69) is 130 Å². The molecule has 0 N–H and O–H groups in total. The molecule has 11 rings (SSSR count). The largest absolute Gasteiger partial charge is 0.455 e. The fourth-order valence-electron chi connectivity index (χ4n) is 7.76. The van der Waals surface area contributed by atoms with Gasteiger partial charge in [0.2, 0.25) is 0 Å². The van der Waals surface area contributed by atoms with Gasteiger partial charge in [-0.15, -0.1) is 0 Å². The third-order valence-electron chi connectivity index (χ3n) is 9.89. The van der Waals surface area contributed by atoms with Crippen molar-refractivity contribution in [3.63, 3.8) is 0 Å². The van der Waals surface area contributed by atoms with Gasteiger partial charge in [0.15, 0.2) is 5.82 Å². The van der Waals surface area contributed by atoms with Crippen LogP contribution >= 0.6 is 0 Å². The van der Waals surface area contributed by atoms with E-state index in [1.807, 2.05) is 36.4 Å². The number of hydrogen-bond acceptors (Lipinski definition) is 3. The predicted molar refractivity (Wildman–Crippen MR) is 201 cm³/mol. The summed E-state index contributed by atoms with van der Waals surface area (Å²) in [7, 11) is 0. The summed E-state index contributed by atoms with van der Waals surface area (Å²) >= 11 is 0. The van der Waals surface area contributed by atoms with Crippen molar-refractivity contribution < 1.29 is 4.42 Å². The molecule has 5 nitrogen and oxygen atoms in total. The SMILES string of the molecule is c1ccc(-c2nc3ccccc3nc2-n2c3ccccc3c3cc4c5c6oc7ccccc7c6ccc5n(-c5ccccc5)c4cc32)cc1. The van der Waals surface area contributed by atoms with Crippen molar-refractivity contribution in [1.82, 2.24) is 19.1 Å². The van der Waals surface area contributed by atoms with Crippen molar-refractivity contribution in [2.45, 2.75) is 0 Å². The second kappa shape index (κ2) is 9.89. The Morgan fingerprint density at radius 1 is 0.429 bits per heavy atom. The molecule has 11 aromatic rings. The minimum atomic E-state index is 0.803. The maximum absolute atomic E-state index is 6.67. The van der Waals surface area contributed by atoms with Crippen LogP contribution in [0, 0.1) is 0 Å². The van der Waals surface area contributed by atoms with E-state index < -0.39 is 0 Å². The van der Waals surface area contributed by atoms with Gasteiger partial charge in [0.25, 0.3) is 0 Å². The normalized spacial score (nSPS) is 12.1. The van der Waals surface area contributed by atoms with Crippen LogP contribution in [-0.2, 0) is 0 Å². The number of fused-ring (bicyclic) bond motifs is 11. The van der Waals surface area contributed by atoms with E-state index in [1.54, 1.807) is 0 Å². The van der Waals surface area contributed by atoms with Crippen LogP contribution in [0.1, 0.15) is 0 Å². The molecule has 228 valence electrons. The first kappa shape index (κ1) is 26.4. The van der Waals surface area contributed by atoms with E-state index >= 15 is 0 Å². The van der Waals surface area contributed by atoms with Crippen LogP contribution in [0.5, 0.6) is 0 Å². The summed E-state index contributed by atoms with van der Waals surface area (Å²) in [5.74, 6) is 0.803. The molecule has 0 fully saturated rings. The summed E-state index contributed by atoms with van der Waals surface area (Å²) in [4.78, 5) is 10.6. The summed E-state index contributed by atoms with van der Waals surface area (Å²) in [6.07, 6.45) is 0. The fourth-order valence-corrected chi connectivity index (χ4v) is 7.76. The van der Waals surface area contributed by atoms with Gasteiger partial charge in [-0.25, -0.2) is 9.97 Å². The van der Waals surface area contributed by atoms with E-state index in [-0.39, 0.29) is 0 Å². The van der Waals surface area contributed by atoms with Gasteiger partial charge in [-0.2, -0.15) is 0 Å². The van der Waals surface area contributed by atoms with Gasteiger partial charge >= 0.3 is 0 Å². The second-order valence-corrected chi connectivity index (χ2v) is 12.6. The topological polar surface area (TPSA) is 48.8 Å². The average Bonchev–Trinajstić information content (AvgIpc) is 3.81. The quantitative estimate of drug-likeness (QED) is 0.196. The van der Waals surface area contributed by atoms with Crippen molar-refractivity contribution in [3.8, 4) is 22.8 Å². The monoisotopic (exact) mass is 626 g/mol. The number of rotatable bonds is 3. The number of furan rings is 1. The number of aromatic nitrogens is 4. The van der Waals surface area contributed by atoms with Gasteiger partial charge in [-0.05, 0) is 60.7 Å². The van der Waals surface area contributed by atoms with Crippen LogP contribution in [0.25, 0.3) is 99.3 Å². The number of para-hydroxylation sites is 5. The smallest absolute Gasteiger partial charge is 0.165 e. The van der Waals surface area contributed by atoms with Crippen LogP contribution in [0.4, 0.5) is 0 Å². The molecule has 0 aliphatic heterocycles. The van der Waals surface area contributed by atoms with E-state index in [0.717, 1.165) is 99.3 Å². The summed E-state index contributed by atoms with van der Waals surface area (Å²) in [5, 5.41) is 6.81. The molecule has 0 aliphatic rings. The molecule has 5 heteroatoms. The van der Waals surface area contributed by atoms with Gasteiger partial charge in [-0.1, -0.05) is 97.1 Å². The van der Waals surface area contributed by atoms with E-state index in [9.17, 15) is 0 Å². The van der Waals surface area contributed by atoms with Crippen LogP contribution < -0.4 is 0 Å². The van der Waals surface area contributed by atoms with E-state index in [4.69, 9.17) is 14.4 Å². The zero-order chi connectivity index (χ0) is 32.1. The van der Waals surface area contributed by atoms with Gasteiger partial charge in [0, 0.05) is 38.2 Å². The lowest BCUT2D eigenvalue weighted by molar-refractivity contribution is 0.673. The molecular weight excluding hydrogens is 601 g/mol. The molecule has 0 amide bonds. The Labute approximate surface area is 279 Å². The van der Waals surface area contributed by atoms with Crippen molar-refractivity contribution in [3.05, 3.63) is 158 Å². The van der Waals surface area contributed by atoms with Crippen LogP contribution in [0.3, 0.4) is 0 Å². The minimum absolute atomic E-state index is 0.803. The Bertz CT molecular complexity index is 3100. The third-order valence-corrected chi connectivity index (χ3v) is 9.89. The molecule has 0 saturated carbocycles. The molecule has 7 aromatic carbocycles. The van der Waals surface area contributed by atoms with Crippen LogP contribution in [-0.4, -0.2) is 19.1 Å². The molecule has 0 aliphatic carbocycles. The Balaban J connectivity index is 1.34. The standard InChI is InChI=1S/C44H26N4O/c1-3-13-27(14-4-1)42-44(46-35-20-10-9-19-34(35)45-42)48-36-21-11-7-17-29(36)32-25-33-39(26-38(32)48)47(28-15-5-2-6-16-28)37-24-23-31-30-18-8-12-22-40(30)49-43(31)41(33)37/h1-26H. The zero-order valence-corrected chi connectivity index (χ0v) is 26.2. The number of benzene rings is 7. The summed E-state index contributed by atoms with van der Waals surface area (Å²) in [6, 6.07) is 55.1. The fraction of sp³-hybridized carbons (Fsp3) is 0. The highest BCUT2D eigenvalue weighted by Crippen LogP contribution is 2.44. The Morgan fingerprint density at radius 3 is 1.94 bits per heavy atom. The maximum atomic E-state index is 6.67. The molecule has 0 bridgehead atoms. The van der Waals surface area contributed by atoms with Gasteiger partial charge in [0.05, 0.1) is 38.5 Å². The van der Waals surface area contributed by atoms with Crippen LogP contribution in [0.15, 0.2) is 162 Å². The van der Waals surface area contributed by atoms with Crippen molar-refractivity contribution in [1.29, 1.82) is 0 Å². The van der Waals surface area contributed by atoms with Gasteiger partial charge in [0.1, 0.15) is 16.9 Å². The van der Waals surface area contributed by atoms with Crippen molar-refractivity contribution in [2.24, 2.45) is 0 Å². The highest BCUT2D eigenvalue weighted by Gasteiger charge is 2.23. The molecule has 0 radical (unpaired) electrons. The third kappa shape index (κ3) is 3.70. The number of hydrogen-bond donors (Lipinski definition) is 0. The lowest BCUT2D eigenvalue weighted by atomic mass is 10.1. The van der Waals surface area contributed by atoms with Crippen molar-refractivity contribution >= 4 is 76.6 Å². The van der Waals surface area contributed by atoms with E-state index in [1.165, 1.54) is 0 Å². The zero-order valence-electron chi connectivity index (χ0n) is 26.2. The van der Waals surface area contributed by atoms with Gasteiger partial charge in [-0.3, -0.25) is 4.57 Å². The second-order valence-electron chi connectivity index (χ2n) is 12.6. The van der Waals surface area contributed by atoms with Gasteiger partial charge < -0.3 is 8.98 Å². The first-order chi connectivity index (χ1) is 24.3. The molecule has 4 aromatic heterocycles. The Morgan fingerprint density at radius 2 is 1.10 bits per heavy atom. The Kier molecular flexibility index (Phi) is 5.32. The first-order valence-electron chi connectivity index (χ1n) is 16.5. The van der Waals surface area contributed by atoms with E-state index in [0.29, 0.717) is 0 Å². The molecule has 0 saturated heterocycles. The molecule has 49 heavy (non-hydrogen) atoms. The Hall–Kier alpha value is -6.72. The van der Waals surface area contributed by atoms with Crippen molar-refractivity contribution in [2.75, 3.05) is 0 Å². The highest BCUT2D eigenvalue weighted by atomic mass is 16.3. The maximum Gasteiger partial charge on any atom is 0.165 e. The average molecular weight is 627 g/mol. The molecular formula is C44H26N4O. The van der Waals surface area contributed by atoms with Crippen LogP contribution in [0.2, 0.25) is 0 Å². The minimum Gasteiger partial charge on any atom is -0.455 e. The lowest BCUT2D eigenvalue weighted by Gasteiger charge is -2.14. The highest BCUT2D eigenvalue weighted by molar-refractivity contribution is 6.26. The number of nitrogens with zero attached hydrogens (tertiary/aromatic N) is 4. The summed E-state index contributed by atoms with van der Waals surface area (Å²) in [5.41, 5.74) is 10.8. The summed E-state index contributed by atoms with van der Waals surface area (Å²) in [6.45, 7) is 0. The first-order valence-corrected chi connectivity index (χ1v) is 16.5. The molecule has 0 spiro atoms. The molecule has 0 unspecified atom stereocenters. The molecule has 4 heterocycles. The molecule has 0 atom stereocenters.